The van der Waals surface area contributed by atoms with E-state index in [1.807, 2.05) is 0 Å². The van der Waals surface area contributed by atoms with Crippen LogP contribution in [0.25, 0.3) is 0 Å². The van der Waals surface area contributed by atoms with E-state index in [0.717, 1.165) is 31.4 Å². The van der Waals surface area contributed by atoms with Crippen LogP contribution in [0.3, 0.4) is 0 Å². The lowest BCUT2D eigenvalue weighted by Crippen LogP contribution is -2.39. The summed E-state index contributed by atoms with van der Waals surface area (Å²) in [6, 6.07) is 3.62. The SMILES string of the molecule is CCn1nc(C)cc1CNCC(C)N(C)C1CC1. The number of rotatable bonds is 7. The van der Waals surface area contributed by atoms with Crippen molar-refractivity contribution >= 4 is 0 Å². The molecule has 1 aromatic rings. The molecular formula is C14H26N4. The second kappa shape index (κ2) is 5.85. The third kappa shape index (κ3) is 3.33. The summed E-state index contributed by atoms with van der Waals surface area (Å²) in [5, 5.41) is 8.02. The summed E-state index contributed by atoms with van der Waals surface area (Å²) in [7, 11) is 2.24. The van der Waals surface area contributed by atoms with Gasteiger partial charge in [-0.3, -0.25) is 9.58 Å². The highest BCUT2D eigenvalue weighted by Gasteiger charge is 2.28. The average Bonchev–Trinajstić information content (AvgIpc) is 3.13. The zero-order chi connectivity index (χ0) is 13.1. The minimum Gasteiger partial charge on any atom is -0.310 e. The Balaban J connectivity index is 1.76. The highest BCUT2D eigenvalue weighted by molar-refractivity contribution is 5.08. The van der Waals surface area contributed by atoms with Crippen molar-refractivity contribution in [3.05, 3.63) is 17.5 Å². The smallest absolute Gasteiger partial charge is 0.0597 e. The van der Waals surface area contributed by atoms with Crippen LogP contribution in [0.2, 0.25) is 0 Å². The normalized spacial score (nSPS) is 17.4. The quantitative estimate of drug-likeness (QED) is 0.801. The molecule has 1 aromatic heterocycles. The predicted molar refractivity (Wildman–Crippen MR) is 74.6 cm³/mol. The van der Waals surface area contributed by atoms with E-state index in [1.165, 1.54) is 18.5 Å². The molecule has 1 aliphatic carbocycles. The Kier molecular flexibility index (Phi) is 4.40. The van der Waals surface area contributed by atoms with E-state index in [4.69, 9.17) is 0 Å². The minimum atomic E-state index is 0.608. The van der Waals surface area contributed by atoms with E-state index >= 15 is 0 Å². The molecule has 0 bridgehead atoms. The van der Waals surface area contributed by atoms with Gasteiger partial charge in [0.25, 0.3) is 0 Å². The first-order valence-corrected chi connectivity index (χ1v) is 7.07. The predicted octanol–water partition coefficient (Wildman–Crippen LogP) is 1.78. The third-order valence-electron chi connectivity index (χ3n) is 3.85. The summed E-state index contributed by atoms with van der Waals surface area (Å²) in [6.45, 7) is 9.40. The number of nitrogens with one attached hydrogen (secondary N) is 1. The molecule has 1 N–H and O–H groups in total. The number of nitrogens with zero attached hydrogens (tertiary/aromatic N) is 3. The Morgan fingerprint density at radius 1 is 1.56 bits per heavy atom. The van der Waals surface area contributed by atoms with Gasteiger partial charge in [0.05, 0.1) is 11.4 Å². The molecule has 2 rings (SSSR count). The van der Waals surface area contributed by atoms with E-state index in [0.29, 0.717) is 6.04 Å². The van der Waals surface area contributed by atoms with Crippen LogP contribution in [-0.2, 0) is 13.1 Å². The fourth-order valence-corrected chi connectivity index (χ4v) is 2.41. The Hall–Kier alpha value is -0.870. The molecule has 1 heterocycles. The second-order valence-corrected chi connectivity index (χ2v) is 5.47. The molecule has 18 heavy (non-hydrogen) atoms. The van der Waals surface area contributed by atoms with Gasteiger partial charge in [0.1, 0.15) is 0 Å². The molecule has 0 amide bonds. The molecule has 0 radical (unpaired) electrons. The first-order chi connectivity index (χ1) is 8.61. The fourth-order valence-electron chi connectivity index (χ4n) is 2.41. The Labute approximate surface area is 110 Å². The molecule has 0 aliphatic heterocycles. The summed E-state index contributed by atoms with van der Waals surface area (Å²) < 4.78 is 2.08. The molecule has 102 valence electrons. The van der Waals surface area contributed by atoms with Gasteiger partial charge in [-0.2, -0.15) is 5.10 Å². The topological polar surface area (TPSA) is 33.1 Å². The molecule has 1 saturated carbocycles. The van der Waals surface area contributed by atoms with Crippen molar-refractivity contribution in [2.24, 2.45) is 0 Å². The van der Waals surface area contributed by atoms with Crippen molar-refractivity contribution in [2.45, 2.75) is 58.8 Å². The summed E-state index contributed by atoms with van der Waals surface area (Å²) in [5.74, 6) is 0. The van der Waals surface area contributed by atoms with E-state index < -0.39 is 0 Å². The first-order valence-electron chi connectivity index (χ1n) is 7.07. The molecule has 1 unspecified atom stereocenters. The lowest BCUT2D eigenvalue weighted by atomic mass is 10.3. The largest absolute Gasteiger partial charge is 0.310 e. The molecule has 1 fully saturated rings. The fraction of sp³-hybridized carbons (Fsp3) is 0.786. The number of hydrogen-bond acceptors (Lipinski definition) is 3. The van der Waals surface area contributed by atoms with Crippen molar-refractivity contribution in [1.29, 1.82) is 0 Å². The van der Waals surface area contributed by atoms with Gasteiger partial charge in [0.2, 0.25) is 0 Å². The molecule has 4 heteroatoms. The van der Waals surface area contributed by atoms with Gasteiger partial charge in [0.15, 0.2) is 0 Å². The van der Waals surface area contributed by atoms with Crippen molar-refractivity contribution in [3.63, 3.8) is 0 Å². The maximum atomic E-state index is 4.47. The summed E-state index contributed by atoms with van der Waals surface area (Å²) in [6.07, 6.45) is 2.76. The van der Waals surface area contributed by atoms with Gasteiger partial charge in [0, 0.05) is 31.7 Å². The number of hydrogen-bond donors (Lipinski definition) is 1. The van der Waals surface area contributed by atoms with Crippen LogP contribution in [0.15, 0.2) is 6.07 Å². The lowest BCUT2D eigenvalue weighted by Gasteiger charge is -2.24. The second-order valence-electron chi connectivity index (χ2n) is 5.47. The molecule has 1 aliphatic rings. The van der Waals surface area contributed by atoms with Crippen LogP contribution < -0.4 is 5.32 Å². The van der Waals surface area contributed by atoms with E-state index in [9.17, 15) is 0 Å². The molecule has 0 aromatic carbocycles. The number of aromatic nitrogens is 2. The Morgan fingerprint density at radius 3 is 2.89 bits per heavy atom. The molecule has 1 atom stereocenters. The Morgan fingerprint density at radius 2 is 2.28 bits per heavy atom. The molecule has 0 saturated heterocycles. The van der Waals surface area contributed by atoms with Crippen molar-refractivity contribution in [3.8, 4) is 0 Å². The highest BCUT2D eigenvalue weighted by Crippen LogP contribution is 2.26. The molecule has 4 nitrogen and oxygen atoms in total. The number of aryl methyl sites for hydroxylation is 2. The number of likely N-dealkylation sites (N-methyl/N-ethyl adjacent to an activating group) is 1. The van der Waals surface area contributed by atoms with E-state index in [1.54, 1.807) is 0 Å². The van der Waals surface area contributed by atoms with E-state index in [-0.39, 0.29) is 0 Å². The molecular weight excluding hydrogens is 224 g/mol. The van der Waals surface area contributed by atoms with Crippen molar-refractivity contribution in [2.75, 3.05) is 13.6 Å². The zero-order valence-corrected chi connectivity index (χ0v) is 12.1. The third-order valence-corrected chi connectivity index (χ3v) is 3.85. The first kappa shape index (κ1) is 13.6. The maximum Gasteiger partial charge on any atom is 0.0597 e. The maximum absolute atomic E-state index is 4.47. The van der Waals surface area contributed by atoms with Crippen molar-refractivity contribution in [1.82, 2.24) is 20.0 Å². The minimum absolute atomic E-state index is 0.608. The van der Waals surface area contributed by atoms with Crippen LogP contribution in [0.1, 0.15) is 38.1 Å². The summed E-state index contributed by atoms with van der Waals surface area (Å²) >= 11 is 0. The van der Waals surface area contributed by atoms with Crippen molar-refractivity contribution < 1.29 is 0 Å². The highest BCUT2D eigenvalue weighted by atomic mass is 15.3. The zero-order valence-electron chi connectivity index (χ0n) is 12.1. The van der Waals surface area contributed by atoms with Gasteiger partial charge in [-0.15, -0.1) is 0 Å². The van der Waals surface area contributed by atoms with Crippen LogP contribution in [0.5, 0.6) is 0 Å². The Bertz CT molecular complexity index is 381. The average molecular weight is 250 g/mol. The van der Waals surface area contributed by atoms with Crippen LogP contribution in [-0.4, -0.2) is 40.4 Å². The monoisotopic (exact) mass is 250 g/mol. The van der Waals surface area contributed by atoms with Crippen LogP contribution >= 0.6 is 0 Å². The van der Waals surface area contributed by atoms with Gasteiger partial charge < -0.3 is 5.32 Å². The summed E-state index contributed by atoms with van der Waals surface area (Å²) in [4.78, 5) is 2.50. The lowest BCUT2D eigenvalue weighted by molar-refractivity contribution is 0.240. The van der Waals surface area contributed by atoms with Gasteiger partial charge in [-0.1, -0.05) is 0 Å². The van der Waals surface area contributed by atoms with Crippen LogP contribution in [0, 0.1) is 6.92 Å². The standard InChI is InChI=1S/C14H26N4/c1-5-18-14(8-11(2)16-18)10-15-9-12(3)17(4)13-6-7-13/h8,12-13,15H,5-7,9-10H2,1-4H3. The molecule has 0 spiro atoms. The summed E-state index contributed by atoms with van der Waals surface area (Å²) in [5.41, 5.74) is 2.40. The van der Waals surface area contributed by atoms with Gasteiger partial charge in [-0.25, -0.2) is 0 Å². The van der Waals surface area contributed by atoms with Crippen LogP contribution in [0.4, 0.5) is 0 Å². The van der Waals surface area contributed by atoms with Gasteiger partial charge >= 0.3 is 0 Å². The van der Waals surface area contributed by atoms with Gasteiger partial charge in [-0.05, 0) is 46.7 Å². The van der Waals surface area contributed by atoms with E-state index in [2.05, 4.69) is 53.9 Å².